The molecule has 0 saturated carbocycles. The first-order chi connectivity index (χ1) is 22.3. The van der Waals surface area contributed by atoms with Crippen molar-refractivity contribution < 1.29 is 29.1 Å². The molecule has 4 aromatic rings. The zero-order valence-corrected chi connectivity index (χ0v) is 24.8. The van der Waals surface area contributed by atoms with Gasteiger partial charge in [0.15, 0.2) is 0 Å². The van der Waals surface area contributed by atoms with Gasteiger partial charge in [0.1, 0.15) is 12.6 Å². The van der Waals surface area contributed by atoms with Gasteiger partial charge in [-0.15, -0.1) is 0 Å². The van der Waals surface area contributed by atoms with Gasteiger partial charge in [0, 0.05) is 18.7 Å². The minimum atomic E-state index is -1.11. The summed E-state index contributed by atoms with van der Waals surface area (Å²) >= 11 is 0. The standard InChI is InChI=1S/C35H33N5O6/c41-31(38-29(20-32(42)43)25-14-8-3-9-15-25)22-40-30(18-23-10-4-1-5-11-23)33(44)39-28-17-16-26(19-27(28)34(40)45)37-35(46)36-21-24-12-6-2-7-13-24/h1-17,19,29-30H,18,20-22H2,(H,38,41)(H,39,44)(H,42,43)(H2,36,37,46)/t29-,30+/m1/s1. The van der Waals surface area contributed by atoms with Crippen molar-refractivity contribution in [3.8, 4) is 0 Å². The monoisotopic (exact) mass is 619 g/mol. The molecule has 0 aliphatic carbocycles. The SMILES string of the molecule is O=C(O)C[C@@H](NC(=O)CN1C(=O)c2cc(NC(=O)NCc3ccccc3)ccc2NC(=O)[C@@H]1Cc1ccccc1)c1ccccc1. The van der Waals surface area contributed by atoms with E-state index in [2.05, 4.69) is 21.3 Å². The summed E-state index contributed by atoms with van der Waals surface area (Å²) in [6.45, 7) is -0.218. The summed E-state index contributed by atoms with van der Waals surface area (Å²) in [7, 11) is 0. The Labute approximate surface area is 265 Å². The topological polar surface area (TPSA) is 157 Å². The van der Waals surface area contributed by atoms with E-state index in [-0.39, 0.29) is 24.1 Å². The average Bonchev–Trinajstić information content (AvgIpc) is 3.15. The fourth-order valence-corrected chi connectivity index (χ4v) is 5.24. The summed E-state index contributed by atoms with van der Waals surface area (Å²) in [6, 6.07) is 29.3. The van der Waals surface area contributed by atoms with Gasteiger partial charge in [-0.05, 0) is 34.9 Å². The smallest absolute Gasteiger partial charge is 0.319 e. The van der Waals surface area contributed by atoms with Crippen molar-refractivity contribution in [3.05, 3.63) is 131 Å². The summed E-state index contributed by atoms with van der Waals surface area (Å²) in [4.78, 5) is 66.6. The van der Waals surface area contributed by atoms with Crippen LogP contribution in [-0.4, -0.2) is 52.3 Å². The number of nitrogens with zero attached hydrogens (tertiary/aromatic N) is 1. The molecule has 2 atom stereocenters. The second kappa shape index (κ2) is 14.7. The number of hydrogen-bond donors (Lipinski definition) is 5. The third-order valence-corrected chi connectivity index (χ3v) is 7.50. The van der Waals surface area contributed by atoms with Gasteiger partial charge >= 0.3 is 12.0 Å². The van der Waals surface area contributed by atoms with Gasteiger partial charge in [-0.1, -0.05) is 91.0 Å². The zero-order chi connectivity index (χ0) is 32.5. The molecular formula is C35H33N5O6. The van der Waals surface area contributed by atoms with Crippen LogP contribution in [0.4, 0.5) is 16.2 Å². The molecule has 1 heterocycles. The third-order valence-electron chi connectivity index (χ3n) is 7.50. The van der Waals surface area contributed by atoms with Crippen LogP contribution in [0, 0.1) is 0 Å². The van der Waals surface area contributed by atoms with Gasteiger partial charge in [0.05, 0.1) is 23.7 Å². The van der Waals surface area contributed by atoms with Gasteiger partial charge in [0.25, 0.3) is 5.91 Å². The van der Waals surface area contributed by atoms with E-state index in [0.29, 0.717) is 17.8 Å². The second-order valence-electron chi connectivity index (χ2n) is 10.8. The second-order valence-corrected chi connectivity index (χ2v) is 10.8. The molecular weight excluding hydrogens is 586 g/mol. The fraction of sp³-hybridized carbons (Fsp3) is 0.171. The maximum absolute atomic E-state index is 14.1. The maximum Gasteiger partial charge on any atom is 0.319 e. The summed E-state index contributed by atoms with van der Waals surface area (Å²) in [5.74, 6) is -2.84. The maximum atomic E-state index is 14.1. The zero-order valence-electron chi connectivity index (χ0n) is 24.8. The van der Waals surface area contributed by atoms with Crippen molar-refractivity contribution in [2.24, 2.45) is 0 Å². The number of aliphatic carboxylic acids is 1. The van der Waals surface area contributed by atoms with E-state index in [1.807, 2.05) is 60.7 Å². The lowest BCUT2D eigenvalue weighted by Crippen LogP contribution is -2.51. The molecule has 0 unspecified atom stereocenters. The number of nitrogens with one attached hydrogen (secondary N) is 4. The molecule has 0 radical (unpaired) electrons. The number of urea groups is 1. The number of carboxylic acid groups (broad SMARTS) is 1. The van der Waals surface area contributed by atoms with Crippen LogP contribution in [0.1, 0.15) is 39.5 Å². The predicted octanol–water partition coefficient (Wildman–Crippen LogP) is 4.35. The Morgan fingerprint density at radius 1 is 0.826 bits per heavy atom. The van der Waals surface area contributed by atoms with Crippen molar-refractivity contribution in [2.45, 2.75) is 31.5 Å². The molecule has 0 aromatic heterocycles. The van der Waals surface area contributed by atoms with Crippen molar-refractivity contribution in [3.63, 3.8) is 0 Å². The van der Waals surface area contributed by atoms with Crippen molar-refractivity contribution in [2.75, 3.05) is 17.2 Å². The first kappa shape index (κ1) is 31.5. The molecule has 0 spiro atoms. The summed E-state index contributed by atoms with van der Waals surface area (Å²) in [6.07, 6.45) is -0.244. The first-order valence-corrected chi connectivity index (χ1v) is 14.7. The Kier molecular flexibility index (Phi) is 10.0. The molecule has 1 aliphatic heterocycles. The molecule has 0 saturated heterocycles. The lowest BCUT2D eigenvalue weighted by atomic mass is 10.0. The molecule has 5 rings (SSSR count). The van der Waals surface area contributed by atoms with Crippen molar-refractivity contribution in [1.82, 2.24) is 15.5 Å². The highest BCUT2D eigenvalue weighted by Crippen LogP contribution is 2.28. The summed E-state index contributed by atoms with van der Waals surface area (Å²) < 4.78 is 0. The lowest BCUT2D eigenvalue weighted by Gasteiger charge is -2.29. The molecule has 5 amide bonds. The fourth-order valence-electron chi connectivity index (χ4n) is 5.24. The minimum Gasteiger partial charge on any atom is -0.481 e. The Morgan fingerprint density at radius 3 is 2.11 bits per heavy atom. The van der Waals surface area contributed by atoms with Gasteiger partial charge in [-0.25, -0.2) is 4.79 Å². The van der Waals surface area contributed by atoms with Crippen molar-refractivity contribution >= 4 is 41.1 Å². The Balaban J connectivity index is 1.39. The normalized spacial score (nSPS) is 14.7. The number of benzene rings is 4. The summed E-state index contributed by atoms with van der Waals surface area (Å²) in [5, 5.41) is 20.5. The quantitative estimate of drug-likeness (QED) is 0.168. The van der Waals surface area contributed by atoms with Crippen LogP contribution in [-0.2, 0) is 27.3 Å². The van der Waals surface area contributed by atoms with Crippen LogP contribution in [0.25, 0.3) is 0 Å². The van der Waals surface area contributed by atoms with Crippen LogP contribution >= 0.6 is 0 Å². The number of hydrogen-bond acceptors (Lipinski definition) is 5. The van der Waals surface area contributed by atoms with Gasteiger partial charge in [-0.2, -0.15) is 0 Å². The Bertz CT molecular complexity index is 1720. The van der Waals surface area contributed by atoms with Crippen molar-refractivity contribution in [1.29, 1.82) is 0 Å². The van der Waals surface area contributed by atoms with Crippen LogP contribution in [0.15, 0.2) is 109 Å². The predicted molar refractivity (Wildman–Crippen MR) is 172 cm³/mol. The van der Waals surface area contributed by atoms with E-state index in [0.717, 1.165) is 11.1 Å². The van der Waals surface area contributed by atoms with E-state index in [1.54, 1.807) is 36.4 Å². The van der Waals surface area contributed by atoms with Crippen LogP contribution < -0.4 is 21.3 Å². The molecule has 0 bridgehead atoms. The minimum absolute atomic E-state index is 0.0858. The molecule has 5 N–H and O–H groups in total. The average molecular weight is 620 g/mol. The number of carbonyl (C=O) groups is 5. The van der Waals surface area contributed by atoms with Gasteiger partial charge < -0.3 is 31.3 Å². The van der Waals surface area contributed by atoms with E-state index in [1.165, 1.54) is 17.0 Å². The number of amides is 5. The molecule has 11 nitrogen and oxygen atoms in total. The number of carboxylic acids is 1. The number of anilines is 2. The lowest BCUT2D eigenvalue weighted by molar-refractivity contribution is -0.137. The molecule has 11 heteroatoms. The van der Waals surface area contributed by atoms with Gasteiger partial charge in [-0.3, -0.25) is 19.2 Å². The molecule has 0 fully saturated rings. The molecule has 1 aliphatic rings. The highest BCUT2D eigenvalue weighted by atomic mass is 16.4. The van der Waals surface area contributed by atoms with Crippen LogP contribution in [0.3, 0.4) is 0 Å². The number of rotatable bonds is 11. The van der Waals surface area contributed by atoms with E-state index >= 15 is 0 Å². The van der Waals surface area contributed by atoms with E-state index in [4.69, 9.17) is 0 Å². The van der Waals surface area contributed by atoms with Gasteiger partial charge in [0.2, 0.25) is 11.8 Å². The van der Waals surface area contributed by atoms with E-state index < -0.39 is 48.4 Å². The Hall–Kier alpha value is -5.97. The number of fused-ring (bicyclic) bond motifs is 1. The third kappa shape index (κ3) is 8.14. The molecule has 46 heavy (non-hydrogen) atoms. The van der Waals surface area contributed by atoms with Crippen LogP contribution in [0.2, 0.25) is 0 Å². The highest BCUT2D eigenvalue weighted by molar-refractivity contribution is 6.11. The molecule has 234 valence electrons. The highest BCUT2D eigenvalue weighted by Gasteiger charge is 2.37. The van der Waals surface area contributed by atoms with Crippen LogP contribution in [0.5, 0.6) is 0 Å². The Morgan fingerprint density at radius 2 is 1.46 bits per heavy atom. The largest absolute Gasteiger partial charge is 0.481 e. The first-order valence-electron chi connectivity index (χ1n) is 14.7. The number of carbonyl (C=O) groups excluding carboxylic acids is 4. The molecule has 4 aromatic carbocycles. The summed E-state index contributed by atoms with van der Waals surface area (Å²) in [5.41, 5.74) is 2.90. The van der Waals surface area contributed by atoms with E-state index in [9.17, 15) is 29.1 Å².